The van der Waals surface area contributed by atoms with Gasteiger partial charge in [-0.1, -0.05) is 52.5 Å². The number of carbonyl (C=O) groups is 2. The summed E-state index contributed by atoms with van der Waals surface area (Å²) in [4.78, 5) is 26.1. The standard InChI is InChI=1S/C17H9Cl4NO3S/c18-10-2-1-9(11(19)6-10)7-22-16(24)14(26-17(22)25)5-8-3-12(20)15(23)13(21)4-8/h1-6,23H,7H2/b14-5-. The van der Waals surface area contributed by atoms with E-state index < -0.39 is 11.1 Å². The van der Waals surface area contributed by atoms with Crippen molar-refractivity contribution in [2.75, 3.05) is 0 Å². The Morgan fingerprint density at radius 3 is 2.27 bits per heavy atom. The molecule has 0 bridgehead atoms. The van der Waals surface area contributed by atoms with E-state index in [1.54, 1.807) is 18.2 Å². The third-order valence-electron chi connectivity index (χ3n) is 3.55. The highest BCUT2D eigenvalue weighted by Gasteiger charge is 2.35. The molecule has 0 unspecified atom stereocenters. The number of imide groups is 1. The van der Waals surface area contributed by atoms with E-state index in [4.69, 9.17) is 46.4 Å². The van der Waals surface area contributed by atoms with Crippen LogP contribution in [0, 0.1) is 0 Å². The lowest BCUT2D eigenvalue weighted by atomic mass is 10.2. The van der Waals surface area contributed by atoms with E-state index >= 15 is 0 Å². The van der Waals surface area contributed by atoms with Crippen molar-refractivity contribution in [1.29, 1.82) is 0 Å². The summed E-state index contributed by atoms with van der Waals surface area (Å²) >= 11 is 24.5. The average molecular weight is 449 g/mol. The number of amides is 2. The van der Waals surface area contributed by atoms with Crippen LogP contribution < -0.4 is 0 Å². The van der Waals surface area contributed by atoms with Gasteiger partial charge in [0.2, 0.25) is 0 Å². The molecule has 2 aromatic carbocycles. The molecule has 1 heterocycles. The van der Waals surface area contributed by atoms with Crippen LogP contribution in [-0.4, -0.2) is 21.2 Å². The molecule has 1 fully saturated rings. The molecule has 4 nitrogen and oxygen atoms in total. The van der Waals surface area contributed by atoms with Gasteiger partial charge in [0.15, 0.2) is 5.75 Å². The summed E-state index contributed by atoms with van der Waals surface area (Å²) in [6.45, 7) is 0.0368. The monoisotopic (exact) mass is 447 g/mol. The molecule has 0 saturated carbocycles. The molecule has 0 radical (unpaired) electrons. The zero-order valence-electron chi connectivity index (χ0n) is 12.8. The average Bonchev–Trinajstić information content (AvgIpc) is 2.82. The molecule has 1 aliphatic heterocycles. The Morgan fingerprint density at radius 2 is 1.65 bits per heavy atom. The van der Waals surface area contributed by atoms with Crippen LogP contribution in [0.2, 0.25) is 20.1 Å². The normalized spacial score (nSPS) is 16.0. The minimum atomic E-state index is -0.452. The van der Waals surface area contributed by atoms with E-state index in [0.717, 1.165) is 16.7 Å². The second-order valence-corrected chi connectivity index (χ2v) is 7.99. The molecule has 1 N–H and O–H groups in total. The molecule has 0 aromatic heterocycles. The van der Waals surface area contributed by atoms with Crippen LogP contribution in [0.4, 0.5) is 4.79 Å². The number of thioether (sulfide) groups is 1. The fourth-order valence-corrected chi connectivity index (χ4v) is 4.09. The Kier molecular flexibility index (Phi) is 5.75. The third-order valence-corrected chi connectivity index (χ3v) is 5.62. The van der Waals surface area contributed by atoms with Gasteiger partial charge in [-0.05, 0) is 53.2 Å². The fourth-order valence-electron chi connectivity index (χ4n) is 2.28. The molecule has 1 saturated heterocycles. The maximum absolute atomic E-state index is 12.6. The molecule has 26 heavy (non-hydrogen) atoms. The van der Waals surface area contributed by atoms with Crippen LogP contribution in [0.15, 0.2) is 35.2 Å². The van der Waals surface area contributed by atoms with Crippen LogP contribution in [0.25, 0.3) is 6.08 Å². The number of hydrogen-bond donors (Lipinski definition) is 1. The van der Waals surface area contributed by atoms with Gasteiger partial charge in [0, 0.05) is 10.0 Å². The maximum Gasteiger partial charge on any atom is 0.293 e. The van der Waals surface area contributed by atoms with Crippen molar-refractivity contribution < 1.29 is 14.7 Å². The number of halogens is 4. The molecule has 1 aliphatic rings. The Balaban J connectivity index is 1.87. The zero-order valence-corrected chi connectivity index (χ0v) is 16.6. The van der Waals surface area contributed by atoms with Crippen molar-refractivity contribution in [3.05, 3.63) is 66.5 Å². The van der Waals surface area contributed by atoms with Crippen molar-refractivity contribution in [2.45, 2.75) is 6.54 Å². The summed E-state index contributed by atoms with van der Waals surface area (Å²) in [7, 11) is 0. The van der Waals surface area contributed by atoms with Gasteiger partial charge in [-0.25, -0.2) is 0 Å². The minimum absolute atomic E-state index is 0.0368. The van der Waals surface area contributed by atoms with Gasteiger partial charge in [-0.15, -0.1) is 0 Å². The van der Waals surface area contributed by atoms with E-state index in [1.165, 1.54) is 18.2 Å². The van der Waals surface area contributed by atoms with E-state index in [-0.39, 0.29) is 27.2 Å². The number of rotatable bonds is 3. The van der Waals surface area contributed by atoms with Gasteiger partial charge in [0.25, 0.3) is 11.1 Å². The van der Waals surface area contributed by atoms with Gasteiger partial charge >= 0.3 is 0 Å². The molecular formula is C17H9Cl4NO3S. The number of carbonyl (C=O) groups excluding carboxylic acids is 2. The SMILES string of the molecule is O=C1S/C(=C\c2cc(Cl)c(O)c(Cl)c2)C(=O)N1Cc1ccc(Cl)cc1Cl. The number of phenolic OH excluding ortho intramolecular Hbond substituents is 1. The highest BCUT2D eigenvalue weighted by atomic mass is 35.5. The summed E-state index contributed by atoms with van der Waals surface area (Å²) in [6, 6.07) is 7.75. The lowest BCUT2D eigenvalue weighted by Crippen LogP contribution is -2.27. The number of benzene rings is 2. The molecule has 0 spiro atoms. The van der Waals surface area contributed by atoms with E-state index in [9.17, 15) is 14.7 Å². The molecule has 0 aliphatic carbocycles. The molecular weight excluding hydrogens is 440 g/mol. The van der Waals surface area contributed by atoms with Gasteiger partial charge in [0.05, 0.1) is 21.5 Å². The van der Waals surface area contributed by atoms with Crippen LogP contribution in [0.3, 0.4) is 0 Å². The first-order valence-electron chi connectivity index (χ1n) is 7.13. The quantitative estimate of drug-likeness (QED) is 0.564. The second-order valence-electron chi connectivity index (χ2n) is 5.34. The third kappa shape index (κ3) is 3.97. The van der Waals surface area contributed by atoms with E-state index in [1.807, 2.05) is 0 Å². The number of hydrogen-bond acceptors (Lipinski definition) is 4. The molecule has 2 aromatic rings. The zero-order chi connectivity index (χ0) is 19.0. The first kappa shape index (κ1) is 19.4. The topological polar surface area (TPSA) is 57.6 Å². The molecule has 3 rings (SSSR count). The van der Waals surface area contributed by atoms with Crippen molar-refractivity contribution in [2.24, 2.45) is 0 Å². The maximum atomic E-state index is 12.6. The Bertz CT molecular complexity index is 938. The lowest BCUT2D eigenvalue weighted by molar-refractivity contribution is -0.123. The van der Waals surface area contributed by atoms with Crippen LogP contribution >= 0.6 is 58.2 Å². The largest absolute Gasteiger partial charge is 0.505 e. The van der Waals surface area contributed by atoms with Gasteiger partial charge in [-0.2, -0.15) is 0 Å². The summed E-state index contributed by atoms with van der Waals surface area (Å²) < 4.78 is 0. The molecule has 0 atom stereocenters. The van der Waals surface area contributed by atoms with Crippen LogP contribution in [-0.2, 0) is 11.3 Å². The van der Waals surface area contributed by atoms with E-state index in [2.05, 4.69) is 0 Å². The highest BCUT2D eigenvalue weighted by Crippen LogP contribution is 2.37. The summed E-state index contributed by atoms with van der Waals surface area (Å²) in [6.07, 6.45) is 1.49. The van der Waals surface area contributed by atoms with Crippen molar-refractivity contribution >= 4 is 75.4 Å². The lowest BCUT2D eigenvalue weighted by Gasteiger charge is -2.13. The number of nitrogens with zero attached hydrogens (tertiary/aromatic N) is 1. The molecule has 134 valence electrons. The van der Waals surface area contributed by atoms with Gasteiger partial charge in [0.1, 0.15) is 0 Å². The first-order chi connectivity index (χ1) is 12.3. The van der Waals surface area contributed by atoms with Crippen molar-refractivity contribution in [3.8, 4) is 5.75 Å². The van der Waals surface area contributed by atoms with Gasteiger partial charge in [-0.3, -0.25) is 14.5 Å². The van der Waals surface area contributed by atoms with Crippen molar-refractivity contribution in [1.82, 2.24) is 4.90 Å². The van der Waals surface area contributed by atoms with Crippen LogP contribution in [0.1, 0.15) is 11.1 Å². The van der Waals surface area contributed by atoms with Gasteiger partial charge < -0.3 is 5.11 Å². The van der Waals surface area contributed by atoms with Crippen molar-refractivity contribution in [3.63, 3.8) is 0 Å². The number of phenols is 1. The highest BCUT2D eigenvalue weighted by molar-refractivity contribution is 8.18. The minimum Gasteiger partial charge on any atom is -0.505 e. The van der Waals surface area contributed by atoms with E-state index in [0.29, 0.717) is 21.2 Å². The summed E-state index contributed by atoms with van der Waals surface area (Å²) in [5, 5.41) is 10.1. The second kappa shape index (κ2) is 7.71. The van der Waals surface area contributed by atoms with Crippen LogP contribution in [0.5, 0.6) is 5.75 Å². The predicted molar refractivity (Wildman–Crippen MR) is 106 cm³/mol. The fraction of sp³-hybridized carbons (Fsp3) is 0.0588. The summed E-state index contributed by atoms with van der Waals surface area (Å²) in [5.74, 6) is -0.692. The Morgan fingerprint density at radius 1 is 1.00 bits per heavy atom. The number of aromatic hydroxyl groups is 1. The smallest absolute Gasteiger partial charge is 0.293 e. The Hall–Kier alpha value is -1.37. The molecule has 9 heteroatoms. The summed E-state index contributed by atoms with van der Waals surface area (Å²) in [5.41, 5.74) is 1.10. The first-order valence-corrected chi connectivity index (χ1v) is 9.46. The molecule has 2 amide bonds. The Labute approximate surface area is 173 Å². The predicted octanol–water partition coefficient (Wildman–Crippen LogP) is 6.24.